The minimum absolute atomic E-state index is 0.0750. The molecule has 0 aliphatic heterocycles. The fourth-order valence-corrected chi connectivity index (χ4v) is 2.29. The number of allylic oxidation sites excluding steroid dienone is 6. The first-order chi connectivity index (χ1) is 9.58. The van der Waals surface area contributed by atoms with Crippen molar-refractivity contribution in [3.8, 4) is 0 Å². The normalized spacial score (nSPS) is 13.9. The largest absolute Gasteiger partial charge is 0.465 e. The number of hydrogen-bond acceptors (Lipinski definition) is 3. The van der Waals surface area contributed by atoms with Gasteiger partial charge < -0.3 is 4.74 Å². The lowest BCUT2D eigenvalue weighted by atomic mass is 9.96. The van der Waals surface area contributed by atoms with Gasteiger partial charge in [0.05, 0.1) is 12.7 Å². The van der Waals surface area contributed by atoms with E-state index in [4.69, 9.17) is 4.74 Å². The van der Waals surface area contributed by atoms with Crippen LogP contribution >= 0.6 is 0 Å². The second-order valence-electron chi connectivity index (χ2n) is 4.56. The molecular formula is C17H16O3. The Morgan fingerprint density at radius 3 is 2.65 bits per heavy atom. The molecule has 1 aliphatic rings. The molecule has 3 heteroatoms. The van der Waals surface area contributed by atoms with Gasteiger partial charge in [0.2, 0.25) is 0 Å². The quantitative estimate of drug-likeness (QED) is 0.622. The number of esters is 1. The van der Waals surface area contributed by atoms with Gasteiger partial charge in [-0.1, -0.05) is 24.3 Å². The van der Waals surface area contributed by atoms with Gasteiger partial charge in [-0.25, -0.2) is 4.79 Å². The van der Waals surface area contributed by atoms with Crippen molar-refractivity contribution < 1.29 is 14.3 Å². The standard InChI is InChI=1S/C17H16O3/c1-4-5-6-7-12-10-15(18)14-9-13(17(19)20-3)8-11(2)16(12)14/h4-10H,1-3H3/b5-4-,7-6-. The number of rotatable bonds is 3. The molecule has 0 amide bonds. The maximum atomic E-state index is 12.0. The number of benzene rings is 1. The number of fused-ring (bicyclic) bond motifs is 1. The van der Waals surface area contributed by atoms with E-state index in [1.165, 1.54) is 7.11 Å². The maximum absolute atomic E-state index is 12.0. The molecule has 20 heavy (non-hydrogen) atoms. The number of ketones is 1. The molecule has 0 atom stereocenters. The minimum atomic E-state index is -0.429. The minimum Gasteiger partial charge on any atom is -0.465 e. The Bertz CT molecular complexity index is 661. The third-order valence-electron chi connectivity index (χ3n) is 3.18. The van der Waals surface area contributed by atoms with Crippen LogP contribution in [0.15, 0.2) is 42.5 Å². The molecule has 0 aromatic heterocycles. The third-order valence-corrected chi connectivity index (χ3v) is 3.18. The Balaban J connectivity index is 2.49. The summed E-state index contributed by atoms with van der Waals surface area (Å²) >= 11 is 0. The Morgan fingerprint density at radius 1 is 1.25 bits per heavy atom. The highest BCUT2D eigenvalue weighted by Gasteiger charge is 2.23. The summed E-state index contributed by atoms with van der Waals surface area (Å²) in [5.41, 5.74) is 3.63. The van der Waals surface area contributed by atoms with Crippen molar-refractivity contribution >= 4 is 17.3 Å². The van der Waals surface area contributed by atoms with Crippen molar-refractivity contribution in [1.29, 1.82) is 0 Å². The highest BCUT2D eigenvalue weighted by Crippen LogP contribution is 2.32. The molecule has 1 aliphatic carbocycles. The van der Waals surface area contributed by atoms with Crippen LogP contribution in [0.5, 0.6) is 0 Å². The molecule has 1 aromatic rings. The van der Waals surface area contributed by atoms with E-state index in [1.54, 1.807) is 18.2 Å². The Morgan fingerprint density at radius 2 is 2.00 bits per heavy atom. The first-order valence-corrected chi connectivity index (χ1v) is 6.37. The maximum Gasteiger partial charge on any atom is 0.337 e. The average molecular weight is 268 g/mol. The third kappa shape index (κ3) is 2.48. The van der Waals surface area contributed by atoms with Crippen LogP contribution in [0.4, 0.5) is 0 Å². The molecular weight excluding hydrogens is 252 g/mol. The predicted molar refractivity (Wildman–Crippen MR) is 78.8 cm³/mol. The van der Waals surface area contributed by atoms with Crippen LogP contribution in [0.1, 0.15) is 38.8 Å². The van der Waals surface area contributed by atoms with Gasteiger partial charge in [-0.3, -0.25) is 4.79 Å². The van der Waals surface area contributed by atoms with E-state index in [2.05, 4.69) is 0 Å². The predicted octanol–water partition coefficient (Wildman–Crippen LogP) is 3.49. The number of carbonyl (C=O) groups is 2. The van der Waals surface area contributed by atoms with Crippen LogP contribution in [-0.4, -0.2) is 18.9 Å². The number of aryl methyl sites for hydroxylation is 1. The molecule has 2 rings (SSSR count). The van der Waals surface area contributed by atoms with Crippen molar-refractivity contribution in [3.63, 3.8) is 0 Å². The summed E-state index contributed by atoms with van der Waals surface area (Å²) in [6.45, 7) is 3.82. The second-order valence-corrected chi connectivity index (χ2v) is 4.56. The zero-order chi connectivity index (χ0) is 14.7. The van der Waals surface area contributed by atoms with E-state index in [-0.39, 0.29) is 5.78 Å². The van der Waals surface area contributed by atoms with Crippen LogP contribution in [0, 0.1) is 6.92 Å². The summed E-state index contributed by atoms with van der Waals surface area (Å²) in [6.07, 6.45) is 9.21. The molecule has 0 radical (unpaired) electrons. The molecule has 0 unspecified atom stereocenters. The van der Waals surface area contributed by atoms with Crippen LogP contribution in [0.2, 0.25) is 0 Å². The molecule has 0 saturated carbocycles. The van der Waals surface area contributed by atoms with E-state index < -0.39 is 5.97 Å². The second kappa shape index (κ2) is 5.70. The summed E-state index contributed by atoms with van der Waals surface area (Å²) in [4.78, 5) is 23.6. The van der Waals surface area contributed by atoms with E-state index >= 15 is 0 Å². The molecule has 0 N–H and O–H groups in total. The van der Waals surface area contributed by atoms with E-state index in [0.717, 1.165) is 16.7 Å². The van der Waals surface area contributed by atoms with Gasteiger partial charge in [-0.2, -0.15) is 0 Å². The van der Waals surface area contributed by atoms with Gasteiger partial charge in [-0.15, -0.1) is 0 Å². The highest BCUT2D eigenvalue weighted by molar-refractivity contribution is 6.19. The molecule has 0 saturated heterocycles. The van der Waals surface area contributed by atoms with Gasteiger partial charge in [0.15, 0.2) is 5.78 Å². The number of ether oxygens (including phenoxy) is 1. The Hall–Kier alpha value is -2.42. The van der Waals surface area contributed by atoms with Gasteiger partial charge in [0, 0.05) is 5.56 Å². The highest BCUT2D eigenvalue weighted by atomic mass is 16.5. The Labute approximate surface area is 118 Å². The summed E-state index contributed by atoms with van der Waals surface area (Å²) in [7, 11) is 1.33. The molecule has 102 valence electrons. The lowest BCUT2D eigenvalue weighted by Gasteiger charge is -2.08. The summed E-state index contributed by atoms with van der Waals surface area (Å²) in [6, 6.07) is 3.35. The van der Waals surface area contributed by atoms with Crippen LogP contribution in [0.3, 0.4) is 0 Å². The zero-order valence-corrected chi connectivity index (χ0v) is 11.8. The topological polar surface area (TPSA) is 43.4 Å². The smallest absolute Gasteiger partial charge is 0.337 e. The van der Waals surface area contributed by atoms with Crippen molar-refractivity contribution in [2.24, 2.45) is 0 Å². The first kappa shape index (κ1) is 14.0. The number of hydrogen-bond donors (Lipinski definition) is 0. The van der Waals surface area contributed by atoms with Gasteiger partial charge in [0.1, 0.15) is 0 Å². The molecule has 0 fully saturated rings. The summed E-state index contributed by atoms with van der Waals surface area (Å²) in [5.74, 6) is -0.504. The van der Waals surface area contributed by atoms with Crippen molar-refractivity contribution in [2.45, 2.75) is 13.8 Å². The number of methoxy groups -OCH3 is 1. The zero-order valence-electron chi connectivity index (χ0n) is 11.8. The fourth-order valence-electron chi connectivity index (χ4n) is 2.29. The molecule has 0 spiro atoms. The Kier molecular flexibility index (Phi) is 3.99. The summed E-state index contributed by atoms with van der Waals surface area (Å²) in [5, 5.41) is 0. The van der Waals surface area contributed by atoms with Crippen LogP contribution in [-0.2, 0) is 4.74 Å². The molecule has 0 heterocycles. The monoisotopic (exact) mass is 268 g/mol. The van der Waals surface area contributed by atoms with Gasteiger partial charge in [-0.05, 0) is 48.8 Å². The van der Waals surface area contributed by atoms with Crippen LogP contribution < -0.4 is 0 Å². The van der Waals surface area contributed by atoms with Crippen molar-refractivity contribution in [3.05, 3.63) is 64.8 Å². The van der Waals surface area contributed by atoms with E-state index in [9.17, 15) is 9.59 Å². The van der Waals surface area contributed by atoms with Crippen molar-refractivity contribution in [2.75, 3.05) is 7.11 Å². The lowest BCUT2D eigenvalue weighted by molar-refractivity contribution is 0.0600. The fraction of sp³-hybridized carbons (Fsp3) is 0.176. The molecule has 1 aromatic carbocycles. The SMILES string of the molecule is C/C=C\C=C/C1=CC(=O)c2cc(C(=O)OC)cc(C)c21. The van der Waals surface area contributed by atoms with Gasteiger partial charge in [0.25, 0.3) is 0 Å². The van der Waals surface area contributed by atoms with E-state index in [0.29, 0.717) is 11.1 Å². The molecule has 0 bridgehead atoms. The van der Waals surface area contributed by atoms with Crippen molar-refractivity contribution in [1.82, 2.24) is 0 Å². The first-order valence-electron chi connectivity index (χ1n) is 6.37. The van der Waals surface area contributed by atoms with Gasteiger partial charge >= 0.3 is 5.97 Å². The lowest BCUT2D eigenvalue weighted by Crippen LogP contribution is -2.05. The number of carbonyl (C=O) groups excluding carboxylic acids is 2. The average Bonchev–Trinajstić information content (AvgIpc) is 2.75. The van der Waals surface area contributed by atoms with E-state index in [1.807, 2.05) is 38.2 Å². The molecule has 3 nitrogen and oxygen atoms in total. The van der Waals surface area contributed by atoms with Crippen LogP contribution in [0.25, 0.3) is 5.57 Å². The summed E-state index contributed by atoms with van der Waals surface area (Å²) < 4.78 is 4.70.